The molecule has 7 heteroatoms. The Kier molecular flexibility index (Phi) is 9.63. The van der Waals surface area contributed by atoms with Crippen LogP contribution in [0.4, 0.5) is 5.69 Å². The summed E-state index contributed by atoms with van der Waals surface area (Å²) < 4.78 is 12.1. The Bertz CT molecular complexity index is 1100. The maximum absolute atomic E-state index is 13.5. The van der Waals surface area contributed by atoms with Crippen LogP contribution in [0.5, 0.6) is 0 Å². The van der Waals surface area contributed by atoms with E-state index in [2.05, 4.69) is 51.0 Å². The number of carbonyl (C=O) groups excluding carboxylic acids is 1. The van der Waals surface area contributed by atoms with E-state index in [-0.39, 0.29) is 11.9 Å². The highest BCUT2D eigenvalue weighted by atomic mass is 16.6. The minimum absolute atomic E-state index is 0.0335. The van der Waals surface area contributed by atoms with Crippen molar-refractivity contribution >= 4 is 11.7 Å². The number of aryl methyl sites for hydroxylation is 2. The lowest BCUT2D eigenvalue weighted by Crippen LogP contribution is -2.51. The van der Waals surface area contributed by atoms with Gasteiger partial charge in [-0.05, 0) is 38.0 Å². The number of esters is 1. The maximum Gasteiger partial charge on any atom is 0.340 e. The van der Waals surface area contributed by atoms with E-state index >= 15 is 0 Å². The first kappa shape index (κ1) is 26.8. The molecular weight excluding hydrogens is 464 g/mol. The second kappa shape index (κ2) is 13.3. The standard InChI is InChI=1S/C30H38N4O3/c1-4-5-16-27(25-12-8-6-9-13-25)29(37-30(35)26-14-10-7-11-15-26)34(22-33-17-19-36-20-18-33)28-23(2)31-21-32-24(28)3/h6-15,21,27,29H,4-5,16-20,22H2,1-3H3. The molecule has 1 aliphatic rings. The first-order valence-electron chi connectivity index (χ1n) is 13.2. The molecular formula is C30H38N4O3. The molecule has 0 saturated carbocycles. The van der Waals surface area contributed by atoms with Crippen molar-refractivity contribution in [2.75, 3.05) is 37.9 Å². The van der Waals surface area contributed by atoms with E-state index in [1.165, 1.54) is 0 Å². The van der Waals surface area contributed by atoms with Crippen LogP contribution in [-0.2, 0) is 9.47 Å². The van der Waals surface area contributed by atoms with Crippen molar-refractivity contribution < 1.29 is 14.3 Å². The number of nitrogens with zero attached hydrogens (tertiary/aromatic N) is 4. The molecule has 2 unspecified atom stereocenters. The van der Waals surface area contributed by atoms with Crippen LogP contribution in [0.2, 0.25) is 0 Å². The van der Waals surface area contributed by atoms with Crippen molar-refractivity contribution in [2.45, 2.75) is 52.2 Å². The molecule has 0 radical (unpaired) electrons. The molecule has 1 aliphatic heterocycles. The van der Waals surface area contributed by atoms with Crippen molar-refractivity contribution in [3.8, 4) is 0 Å². The molecule has 1 aromatic heterocycles. The summed E-state index contributed by atoms with van der Waals surface area (Å²) in [6.45, 7) is 9.76. The third kappa shape index (κ3) is 6.93. The van der Waals surface area contributed by atoms with Gasteiger partial charge in [-0.25, -0.2) is 14.8 Å². The molecule has 1 fully saturated rings. The molecule has 0 N–H and O–H groups in total. The van der Waals surface area contributed by atoms with E-state index in [9.17, 15) is 4.79 Å². The van der Waals surface area contributed by atoms with Gasteiger partial charge in [0.25, 0.3) is 0 Å². The largest absolute Gasteiger partial charge is 0.437 e. The topological polar surface area (TPSA) is 67.8 Å². The number of morpholine rings is 1. The fourth-order valence-corrected chi connectivity index (χ4v) is 4.95. The van der Waals surface area contributed by atoms with Gasteiger partial charge in [0, 0.05) is 19.0 Å². The van der Waals surface area contributed by atoms with Crippen molar-refractivity contribution in [1.29, 1.82) is 0 Å². The number of hydrogen-bond acceptors (Lipinski definition) is 7. The average molecular weight is 503 g/mol. The number of aromatic nitrogens is 2. The fraction of sp³-hybridized carbons (Fsp3) is 0.433. The number of benzene rings is 2. The Morgan fingerprint density at radius 2 is 1.62 bits per heavy atom. The smallest absolute Gasteiger partial charge is 0.340 e. The molecule has 37 heavy (non-hydrogen) atoms. The summed E-state index contributed by atoms with van der Waals surface area (Å²) in [5.74, 6) is -0.365. The predicted octanol–water partition coefficient (Wildman–Crippen LogP) is 5.35. The molecule has 0 amide bonds. The summed E-state index contributed by atoms with van der Waals surface area (Å²) in [5, 5.41) is 0. The molecule has 0 spiro atoms. The van der Waals surface area contributed by atoms with E-state index in [0.717, 1.165) is 55.0 Å². The number of hydrogen-bond donors (Lipinski definition) is 0. The highest BCUT2D eigenvalue weighted by molar-refractivity contribution is 5.89. The lowest BCUT2D eigenvalue weighted by molar-refractivity contribution is 0.00743. The highest BCUT2D eigenvalue weighted by Crippen LogP contribution is 2.35. The van der Waals surface area contributed by atoms with Gasteiger partial charge in [-0.2, -0.15) is 0 Å². The summed E-state index contributed by atoms with van der Waals surface area (Å²) in [7, 11) is 0. The lowest BCUT2D eigenvalue weighted by Gasteiger charge is -2.42. The van der Waals surface area contributed by atoms with Crippen LogP contribution in [0, 0.1) is 13.8 Å². The SMILES string of the molecule is CCCCC(c1ccccc1)C(OC(=O)c1ccccc1)N(CN1CCOCC1)c1c(C)ncnc1C. The minimum Gasteiger partial charge on any atom is -0.437 e. The number of carbonyl (C=O) groups is 1. The van der Waals surface area contributed by atoms with Gasteiger partial charge in [0.1, 0.15) is 6.33 Å². The average Bonchev–Trinajstić information content (AvgIpc) is 2.93. The minimum atomic E-state index is -0.548. The Morgan fingerprint density at radius 3 is 2.24 bits per heavy atom. The quantitative estimate of drug-likeness (QED) is 0.259. The van der Waals surface area contributed by atoms with Crippen molar-refractivity contribution in [1.82, 2.24) is 14.9 Å². The molecule has 3 aromatic rings. The first-order valence-corrected chi connectivity index (χ1v) is 13.2. The zero-order valence-corrected chi connectivity index (χ0v) is 22.2. The predicted molar refractivity (Wildman–Crippen MR) is 146 cm³/mol. The van der Waals surface area contributed by atoms with Crippen molar-refractivity contribution in [3.05, 3.63) is 89.5 Å². The highest BCUT2D eigenvalue weighted by Gasteiger charge is 2.35. The normalized spacial score (nSPS) is 15.6. The van der Waals surface area contributed by atoms with Gasteiger partial charge in [-0.1, -0.05) is 68.3 Å². The zero-order chi connectivity index (χ0) is 26.0. The van der Waals surface area contributed by atoms with Gasteiger partial charge >= 0.3 is 5.97 Å². The monoisotopic (exact) mass is 502 g/mol. The van der Waals surface area contributed by atoms with Crippen LogP contribution in [0.3, 0.4) is 0 Å². The van der Waals surface area contributed by atoms with Gasteiger partial charge in [0.2, 0.25) is 0 Å². The Hall–Kier alpha value is -3.29. The Morgan fingerprint density at radius 1 is 1.00 bits per heavy atom. The summed E-state index contributed by atoms with van der Waals surface area (Å²) in [6.07, 6.45) is 4.01. The number of ether oxygens (including phenoxy) is 2. The fourth-order valence-electron chi connectivity index (χ4n) is 4.95. The van der Waals surface area contributed by atoms with Gasteiger partial charge < -0.3 is 14.4 Å². The summed E-state index contributed by atoms with van der Waals surface area (Å²) in [5.41, 5.74) is 4.34. The van der Waals surface area contributed by atoms with E-state index in [1.54, 1.807) is 18.5 Å². The van der Waals surface area contributed by atoms with E-state index in [1.807, 2.05) is 38.1 Å². The molecule has 1 saturated heterocycles. The van der Waals surface area contributed by atoms with E-state index in [4.69, 9.17) is 9.47 Å². The number of unbranched alkanes of at least 4 members (excludes halogenated alkanes) is 1. The molecule has 7 nitrogen and oxygen atoms in total. The summed E-state index contributed by atoms with van der Waals surface area (Å²) in [6, 6.07) is 19.6. The molecule has 0 bridgehead atoms. The number of anilines is 1. The van der Waals surface area contributed by atoms with Gasteiger partial charge in [0.15, 0.2) is 6.23 Å². The Balaban J connectivity index is 1.82. The third-order valence-corrected chi connectivity index (χ3v) is 6.92. The van der Waals surface area contributed by atoms with Gasteiger partial charge in [-0.3, -0.25) is 4.90 Å². The lowest BCUT2D eigenvalue weighted by atomic mass is 9.90. The molecule has 2 atom stereocenters. The van der Waals surface area contributed by atoms with Crippen molar-refractivity contribution in [2.24, 2.45) is 0 Å². The third-order valence-electron chi connectivity index (χ3n) is 6.92. The van der Waals surface area contributed by atoms with Gasteiger partial charge in [0.05, 0.1) is 42.5 Å². The Labute approximate surface area is 220 Å². The molecule has 2 heterocycles. The second-order valence-corrected chi connectivity index (χ2v) is 9.56. The molecule has 196 valence electrons. The van der Waals surface area contributed by atoms with E-state index < -0.39 is 6.23 Å². The van der Waals surface area contributed by atoms with Crippen LogP contribution >= 0.6 is 0 Å². The molecule has 2 aromatic carbocycles. The van der Waals surface area contributed by atoms with E-state index in [0.29, 0.717) is 25.4 Å². The van der Waals surface area contributed by atoms with Crippen LogP contribution in [0.25, 0.3) is 0 Å². The summed E-state index contributed by atoms with van der Waals surface area (Å²) in [4.78, 5) is 27.2. The number of rotatable bonds is 11. The zero-order valence-electron chi connectivity index (χ0n) is 22.2. The van der Waals surface area contributed by atoms with Crippen LogP contribution in [-0.4, -0.2) is 60.0 Å². The molecule has 0 aliphatic carbocycles. The second-order valence-electron chi connectivity index (χ2n) is 9.56. The van der Waals surface area contributed by atoms with Crippen LogP contribution in [0.1, 0.15) is 59.4 Å². The van der Waals surface area contributed by atoms with Gasteiger partial charge in [-0.15, -0.1) is 0 Å². The van der Waals surface area contributed by atoms with Crippen molar-refractivity contribution in [3.63, 3.8) is 0 Å². The summed E-state index contributed by atoms with van der Waals surface area (Å²) >= 11 is 0. The maximum atomic E-state index is 13.5. The first-order chi connectivity index (χ1) is 18.1. The molecule has 4 rings (SSSR count). The van der Waals surface area contributed by atoms with Crippen LogP contribution < -0.4 is 4.90 Å². The van der Waals surface area contributed by atoms with Crippen LogP contribution in [0.15, 0.2) is 67.0 Å².